The van der Waals surface area contributed by atoms with Crippen LogP contribution in [0.1, 0.15) is 291 Å². The fourth-order valence-corrected chi connectivity index (χ4v) is 7.96. The molecule has 0 spiro atoms. The van der Waals surface area contributed by atoms with Crippen molar-refractivity contribution in [3.8, 4) is 0 Å². The largest absolute Gasteiger partial charge is 0.462 e. The zero-order valence-corrected chi connectivity index (χ0v) is 40.4. The average molecular weight is 835 g/mol. The number of hydrogen-bond donors (Lipinski definition) is 0. The van der Waals surface area contributed by atoms with Crippen LogP contribution in [0.25, 0.3) is 0 Å². The molecule has 0 aliphatic heterocycles. The standard InChI is InChI=1S/C53H102O6/c1-6-8-9-10-11-12-22-28-33-38-43-51(54)57-46-50(59-53(56)45-40-35-30-25-24-27-32-37-42-49(5)7-2)47-58-52(55)44-39-34-29-23-20-18-16-14-13-15-17-19-21-26-31-36-41-48(3)4/h48-50H,6-47H2,1-5H3/t49?,50-/m1/s1. The summed E-state index contributed by atoms with van der Waals surface area (Å²) in [5, 5.41) is 0. The van der Waals surface area contributed by atoms with Gasteiger partial charge in [-0.1, -0.05) is 253 Å². The van der Waals surface area contributed by atoms with E-state index < -0.39 is 6.10 Å². The molecule has 1 unspecified atom stereocenters. The first-order chi connectivity index (χ1) is 28.8. The third-order valence-corrected chi connectivity index (χ3v) is 12.3. The average Bonchev–Trinajstić information content (AvgIpc) is 3.22. The summed E-state index contributed by atoms with van der Waals surface area (Å²) in [6.07, 6.45) is 46.6. The second-order valence-corrected chi connectivity index (χ2v) is 18.9. The predicted octanol–water partition coefficient (Wildman–Crippen LogP) is 16.9. The zero-order valence-electron chi connectivity index (χ0n) is 40.4. The van der Waals surface area contributed by atoms with Crippen LogP contribution in [-0.2, 0) is 28.6 Å². The molecule has 0 amide bonds. The van der Waals surface area contributed by atoms with Crippen LogP contribution in [-0.4, -0.2) is 37.2 Å². The topological polar surface area (TPSA) is 78.9 Å². The Morgan fingerprint density at radius 2 is 0.644 bits per heavy atom. The van der Waals surface area contributed by atoms with Gasteiger partial charge in [0.05, 0.1) is 0 Å². The Morgan fingerprint density at radius 3 is 0.966 bits per heavy atom. The van der Waals surface area contributed by atoms with Crippen LogP contribution in [0.5, 0.6) is 0 Å². The highest BCUT2D eigenvalue weighted by molar-refractivity contribution is 5.71. The van der Waals surface area contributed by atoms with Crippen LogP contribution in [0.15, 0.2) is 0 Å². The summed E-state index contributed by atoms with van der Waals surface area (Å²) < 4.78 is 16.8. The number of carbonyl (C=O) groups is 3. The highest BCUT2D eigenvalue weighted by Gasteiger charge is 2.19. The van der Waals surface area contributed by atoms with Gasteiger partial charge in [-0.3, -0.25) is 14.4 Å². The van der Waals surface area contributed by atoms with Gasteiger partial charge < -0.3 is 14.2 Å². The van der Waals surface area contributed by atoms with Crippen molar-refractivity contribution in [2.75, 3.05) is 13.2 Å². The molecule has 0 aliphatic rings. The molecule has 0 aliphatic carbocycles. The molecule has 0 heterocycles. The van der Waals surface area contributed by atoms with Gasteiger partial charge in [0.15, 0.2) is 6.10 Å². The van der Waals surface area contributed by atoms with Crippen LogP contribution in [0, 0.1) is 11.8 Å². The Balaban J connectivity index is 4.24. The smallest absolute Gasteiger partial charge is 0.306 e. The van der Waals surface area contributed by atoms with Gasteiger partial charge in [0.2, 0.25) is 0 Å². The van der Waals surface area contributed by atoms with Gasteiger partial charge in [0.1, 0.15) is 13.2 Å². The second-order valence-electron chi connectivity index (χ2n) is 18.9. The molecule has 350 valence electrons. The first kappa shape index (κ1) is 57.4. The van der Waals surface area contributed by atoms with Crippen molar-refractivity contribution in [3.05, 3.63) is 0 Å². The van der Waals surface area contributed by atoms with E-state index >= 15 is 0 Å². The minimum Gasteiger partial charge on any atom is -0.462 e. The third-order valence-electron chi connectivity index (χ3n) is 12.3. The van der Waals surface area contributed by atoms with Crippen LogP contribution in [0.2, 0.25) is 0 Å². The van der Waals surface area contributed by atoms with Crippen LogP contribution in [0.3, 0.4) is 0 Å². The molecule has 6 heteroatoms. The monoisotopic (exact) mass is 835 g/mol. The highest BCUT2D eigenvalue weighted by atomic mass is 16.6. The van der Waals surface area contributed by atoms with E-state index in [4.69, 9.17) is 14.2 Å². The molecule has 0 aromatic heterocycles. The Bertz CT molecular complexity index is 902. The van der Waals surface area contributed by atoms with Gasteiger partial charge in [-0.25, -0.2) is 0 Å². The SMILES string of the molecule is CCCCCCCCCCCCC(=O)OC[C@H](COC(=O)CCCCCCCCCCCCCCCCCCC(C)C)OC(=O)CCCCCCCCCCC(C)CC. The van der Waals surface area contributed by atoms with Gasteiger partial charge in [-0.05, 0) is 31.1 Å². The summed E-state index contributed by atoms with van der Waals surface area (Å²) in [5.41, 5.74) is 0. The van der Waals surface area contributed by atoms with Crippen molar-refractivity contribution in [1.82, 2.24) is 0 Å². The maximum Gasteiger partial charge on any atom is 0.306 e. The molecular weight excluding hydrogens is 733 g/mol. The molecule has 0 rings (SSSR count). The van der Waals surface area contributed by atoms with E-state index in [-0.39, 0.29) is 31.1 Å². The molecule has 0 aromatic carbocycles. The van der Waals surface area contributed by atoms with E-state index in [2.05, 4.69) is 34.6 Å². The lowest BCUT2D eigenvalue weighted by atomic mass is 9.99. The van der Waals surface area contributed by atoms with E-state index in [1.54, 1.807) is 0 Å². The predicted molar refractivity (Wildman–Crippen MR) is 252 cm³/mol. The molecule has 0 saturated heterocycles. The quantitative estimate of drug-likeness (QED) is 0.0345. The van der Waals surface area contributed by atoms with Gasteiger partial charge in [-0.15, -0.1) is 0 Å². The third kappa shape index (κ3) is 45.8. The lowest BCUT2D eigenvalue weighted by molar-refractivity contribution is -0.167. The van der Waals surface area contributed by atoms with Crippen molar-refractivity contribution in [1.29, 1.82) is 0 Å². The summed E-state index contributed by atoms with van der Waals surface area (Å²) >= 11 is 0. The Labute approximate surface area is 368 Å². The van der Waals surface area contributed by atoms with E-state index in [0.29, 0.717) is 19.3 Å². The maximum absolute atomic E-state index is 12.8. The summed E-state index contributed by atoms with van der Waals surface area (Å²) in [6, 6.07) is 0. The Hall–Kier alpha value is -1.59. The molecular formula is C53H102O6. The molecule has 6 nitrogen and oxygen atoms in total. The molecule has 0 fully saturated rings. The Morgan fingerprint density at radius 1 is 0.356 bits per heavy atom. The van der Waals surface area contributed by atoms with Gasteiger partial charge in [-0.2, -0.15) is 0 Å². The van der Waals surface area contributed by atoms with Gasteiger partial charge in [0.25, 0.3) is 0 Å². The molecule has 0 N–H and O–H groups in total. The summed E-state index contributed by atoms with van der Waals surface area (Å²) in [5.74, 6) is 0.848. The fourth-order valence-electron chi connectivity index (χ4n) is 7.96. The summed E-state index contributed by atoms with van der Waals surface area (Å²) in [7, 11) is 0. The minimum atomic E-state index is -0.761. The van der Waals surface area contributed by atoms with Crippen molar-refractivity contribution >= 4 is 17.9 Å². The van der Waals surface area contributed by atoms with Crippen molar-refractivity contribution < 1.29 is 28.6 Å². The molecule has 0 radical (unpaired) electrons. The van der Waals surface area contributed by atoms with Crippen LogP contribution >= 0.6 is 0 Å². The van der Waals surface area contributed by atoms with Crippen molar-refractivity contribution in [2.45, 2.75) is 298 Å². The van der Waals surface area contributed by atoms with Gasteiger partial charge >= 0.3 is 17.9 Å². The number of rotatable bonds is 47. The first-order valence-electron chi connectivity index (χ1n) is 26.3. The van der Waals surface area contributed by atoms with Crippen molar-refractivity contribution in [2.24, 2.45) is 11.8 Å². The number of carbonyl (C=O) groups excluding carboxylic acids is 3. The lowest BCUT2D eigenvalue weighted by Gasteiger charge is -2.18. The van der Waals surface area contributed by atoms with Crippen molar-refractivity contribution in [3.63, 3.8) is 0 Å². The number of hydrogen-bond acceptors (Lipinski definition) is 6. The summed E-state index contributed by atoms with van der Waals surface area (Å²) in [6.45, 7) is 11.4. The maximum atomic E-state index is 12.8. The van der Waals surface area contributed by atoms with Crippen LogP contribution < -0.4 is 0 Å². The molecule has 0 bridgehead atoms. The molecule has 2 atom stereocenters. The molecule has 0 aromatic rings. The second kappa shape index (κ2) is 45.9. The number of ether oxygens (including phenoxy) is 3. The first-order valence-corrected chi connectivity index (χ1v) is 26.3. The van der Waals surface area contributed by atoms with E-state index in [0.717, 1.165) is 69.6 Å². The van der Waals surface area contributed by atoms with E-state index in [1.807, 2.05) is 0 Å². The van der Waals surface area contributed by atoms with Gasteiger partial charge in [0, 0.05) is 19.3 Å². The number of unbranched alkanes of at least 4 members (excludes halogenated alkanes) is 31. The van der Waals surface area contributed by atoms with Crippen LogP contribution in [0.4, 0.5) is 0 Å². The minimum absolute atomic E-state index is 0.0639. The lowest BCUT2D eigenvalue weighted by Crippen LogP contribution is -2.30. The Kier molecular flexibility index (Phi) is 44.7. The molecule has 59 heavy (non-hydrogen) atoms. The zero-order chi connectivity index (χ0) is 43.3. The van der Waals surface area contributed by atoms with E-state index in [9.17, 15) is 14.4 Å². The fraction of sp³-hybridized carbons (Fsp3) is 0.943. The normalized spacial score (nSPS) is 12.5. The van der Waals surface area contributed by atoms with E-state index in [1.165, 1.54) is 180 Å². The summed E-state index contributed by atoms with van der Waals surface area (Å²) in [4.78, 5) is 37.9. The molecule has 0 saturated carbocycles. The number of esters is 3. The highest BCUT2D eigenvalue weighted by Crippen LogP contribution is 2.18.